The number of oxazole rings is 1. The van der Waals surface area contributed by atoms with Gasteiger partial charge in [-0.25, -0.2) is 10.4 Å². The Morgan fingerprint density at radius 2 is 1.81 bits per heavy atom. The molecule has 0 unspecified atom stereocenters. The van der Waals surface area contributed by atoms with E-state index in [1.165, 1.54) is 14.8 Å². The van der Waals surface area contributed by atoms with Gasteiger partial charge in [0, 0.05) is 84.2 Å². The predicted octanol–water partition coefficient (Wildman–Crippen LogP) is 4.62. The number of pyridine rings is 1. The molecule has 2 N–H and O–H groups in total. The molecule has 72 heavy (non-hydrogen) atoms. The van der Waals surface area contributed by atoms with Crippen molar-refractivity contribution < 1.29 is 37.9 Å². The molecule has 7 rings (SSSR count). The Morgan fingerprint density at radius 1 is 1.07 bits per heavy atom. The van der Waals surface area contributed by atoms with Crippen LogP contribution in [0.25, 0.3) is 33.5 Å². The Bertz CT molecular complexity index is 2790. The first-order chi connectivity index (χ1) is 33.8. The summed E-state index contributed by atoms with van der Waals surface area (Å²) in [4.78, 5) is 85.7. The number of likely N-dealkylation sites (tertiary alicyclic amines) is 1. The molecule has 3 aliphatic rings. The lowest BCUT2D eigenvalue weighted by atomic mass is 9.84. The molecule has 3 aliphatic heterocycles. The van der Waals surface area contributed by atoms with Crippen molar-refractivity contribution in [2.45, 2.75) is 128 Å². The van der Waals surface area contributed by atoms with Crippen LogP contribution in [-0.4, -0.2) is 162 Å². The van der Waals surface area contributed by atoms with Crippen molar-refractivity contribution in [3.8, 4) is 34.4 Å². The molecule has 4 aromatic rings. The standard InChI is InChI=1S/C53H69N9O8Si2/c1-13-61-39-18-17-34-26-36(39)37(45(61)35-16-14-23-54-43(35)33(4)68-12)28-50(5,6)31-69-49(67)53(72)20-15-24-62(57-53)47(65)38(27-41-55-29-40(34)70-41)56-46(64)44(32(2)3)59(11)48(66)52(71)22-25-60(30-52)42(63)19-21-51(7,8)58(9)10/h14,16-18,23,26,29,32-33,38,44,57H,13,15,20,22,24-25,27-28,30-31H2,1-12H3,(H,56,64)/t33-,38-,44-,52-,53-/m0/s1. The van der Waals surface area contributed by atoms with Gasteiger partial charge in [0.15, 0.2) is 11.7 Å². The number of benzene rings is 1. The minimum atomic E-state index is -1.47. The number of hydrogen-bond acceptors (Lipinski definition) is 12. The van der Waals surface area contributed by atoms with Crippen LogP contribution in [0.15, 0.2) is 47.1 Å². The van der Waals surface area contributed by atoms with Crippen LogP contribution in [-0.2, 0) is 52.8 Å². The molecule has 6 bridgehead atoms. The topological polar surface area (TPSA) is 185 Å². The van der Waals surface area contributed by atoms with Crippen molar-refractivity contribution in [1.82, 2.24) is 45.0 Å². The molecule has 19 heteroatoms. The number of nitrogens with zero attached hydrogens (tertiary/aromatic N) is 7. The van der Waals surface area contributed by atoms with E-state index in [1.807, 2.05) is 65.7 Å². The second-order valence-corrected chi connectivity index (χ2v) is 23.2. The fourth-order valence-electron chi connectivity index (χ4n) is 9.82. The Labute approximate surface area is 430 Å². The number of fused-ring (bicyclic) bond motifs is 6. The molecule has 6 heterocycles. The minimum absolute atomic E-state index is 0.0522. The van der Waals surface area contributed by atoms with Gasteiger partial charge in [-0.15, -0.1) is 0 Å². The maximum absolute atomic E-state index is 14.8. The summed E-state index contributed by atoms with van der Waals surface area (Å²) in [5.41, 5.74) is 7.49. The average Bonchev–Trinajstić information content (AvgIpc) is 4.06. The summed E-state index contributed by atoms with van der Waals surface area (Å²) in [7, 11) is 14.4. The fraction of sp³-hybridized carbons (Fsp3) is 0.566. The van der Waals surface area contributed by atoms with E-state index in [1.54, 1.807) is 26.6 Å². The van der Waals surface area contributed by atoms with Crippen LogP contribution in [0.3, 0.4) is 0 Å². The molecule has 17 nitrogen and oxygen atoms in total. The maximum Gasteiger partial charge on any atom is 0.323 e. The van der Waals surface area contributed by atoms with Crippen molar-refractivity contribution in [2.24, 2.45) is 11.3 Å². The normalized spacial score (nSPS) is 22.5. The first-order valence-corrected chi connectivity index (χ1v) is 25.8. The van der Waals surface area contributed by atoms with Crippen LogP contribution < -0.4 is 10.7 Å². The van der Waals surface area contributed by atoms with E-state index in [0.29, 0.717) is 38.0 Å². The highest BCUT2D eigenvalue weighted by Crippen LogP contribution is 2.42. The van der Waals surface area contributed by atoms with Gasteiger partial charge in [-0.2, -0.15) is 0 Å². The lowest BCUT2D eigenvalue weighted by Crippen LogP contribution is -2.67. The highest BCUT2D eigenvalue weighted by Gasteiger charge is 2.47. The second-order valence-electron chi connectivity index (χ2n) is 21.4. The maximum atomic E-state index is 14.8. The highest BCUT2D eigenvalue weighted by molar-refractivity contribution is 6.29. The van der Waals surface area contributed by atoms with Crippen molar-refractivity contribution in [3.05, 3.63) is 59.9 Å². The van der Waals surface area contributed by atoms with Crippen molar-refractivity contribution in [3.63, 3.8) is 0 Å². The minimum Gasteiger partial charge on any atom is -0.464 e. The third kappa shape index (κ3) is 11.0. The van der Waals surface area contributed by atoms with Crippen LogP contribution in [0.1, 0.15) is 97.9 Å². The van der Waals surface area contributed by atoms with Gasteiger partial charge in [0.05, 0.1) is 57.5 Å². The SMILES string of the molecule is CCn1c(-c2cccnc2[C@H](C)OC)c2c3cc(ccc31)-c1cnc(o1)C[C@H](NC(=O)[C@H](C(C)C)N(C)C(=O)[C@]1([Si])CCN(C(=O)C#CC(C)(C)N(C)C)C1)C(=O)N1CCC[C@@]([Si])(N1)C(=O)OCC(C)(C)C2. The lowest BCUT2D eigenvalue weighted by molar-refractivity contribution is -0.158. The van der Waals surface area contributed by atoms with Gasteiger partial charge in [-0.3, -0.25) is 38.9 Å². The number of rotatable bonds is 10. The number of carbonyl (C=O) groups is 5. The van der Waals surface area contributed by atoms with E-state index < -0.39 is 68.8 Å². The molecule has 0 spiro atoms. The number of carbonyl (C=O) groups excluding carboxylic acids is 5. The third-order valence-electron chi connectivity index (χ3n) is 14.5. The molecule has 5 atom stereocenters. The smallest absolute Gasteiger partial charge is 0.323 e. The molecule has 6 radical (unpaired) electrons. The molecule has 1 aromatic carbocycles. The molecular formula is C53H69N9O8Si2. The first-order valence-electron chi connectivity index (χ1n) is 24.8. The molecule has 2 fully saturated rings. The average molecular weight is 1020 g/mol. The third-order valence-corrected chi connectivity index (χ3v) is 15.7. The first kappa shape index (κ1) is 54.1. The van der Waals surface area contributed by atoms with Crippen LogP contribution in [0.2, 0.25) is 5.04 Å². The number of methoxy groups -OCH3 is 1. The Kier molecular flexibility index (Phi) is 15.8. The fourth-order valence-corrected chi connectivity index (χ4v) is 10.7. The number of aromatic nitrogens is 3. The molecule has 0 saturated carbocycles. The van der Waals surface area contributed by atoms with Crippen molar-refractivity contribution in [1.29, 1.82) is 0 Å². The van der Waals surface area contributed by atoms with Crippen LogP contribution >= 0.6 is 0 Å². The van der Waals surface area contributed by atoms with Crippen LogP contribution in [0.4, 0.5) is 0 Å². The summed E-state index contributed by atoms with van der Waals surface area (Å²) in [6.07, 6.45) is 4.49. The van der Waals surface area contributed by atoms with Gasteiger partial charge in [0.25, 0.3) is 11.8 Å². The number of likely N-dealkylation sites (N-methyl/N-ethyl adjacent to an activating group) is 1. The molecule has 4 amide bonds. The van der Waals surface area contributed by atoms with Crippen LogP contribution in [0.5, 0.6) is 0 Å². The van der Waals surface area contributed by atoms with E-state index >= 15 is 0 Å². The number of hydrazine groups is 1. The van der Waals surface area contributed by atoms with Gasteiger partial charge >= 0.3 is 5.97 Å². The summed E-state index contributed by atoms with van der Waals surface area (Å²) < 4.78 is 20.7. The van der Waals surface area contributed by atoms with Gasteiger partial charge < -0.3 is 33.6 Å². The lowest BCUT2D eigenvalue weighted by Gasteiger charge is -2.41. The van der Waals surface area contributed by atoms with Gasteiger partial charge in [-0.05, 0) is 115 Å². The summed E-state index contributed by atoms with van der Waals surface area (Å²) in [6.45, 7) is 16.9. The van der Waals surface area contributed by atoms with E-state index in [2.05, 4.69) is 91.6 Å². The van der Waals surface area contributed by atoms with Crippen molar-refractivity contribution >= 4 is 61.0 Å². The van der Waals surface area contributed by atoms with E-state index in [0.717, 1.165) is 39.0 Å². The number of esters is 1. The zero-order chi connectivity index (χ0) is 52.7. The Morgan fingerprint density at radius 3 is 2.49 bits per heavy atom. The number of amides is 4. The number of nitrogens with one attached hydrogen (secondary N) is 2. The van der Waals surface area contributed by atoms with E-state index in [9.17, 15) is 24.0 Å². The Balaban J connectivity index is 1.24. The number of hydrogen-bond donors (Lipinski definition) is 2. The van der Waals surface area contributed by atoms with Gasteiger partial charge in [0.2, 0.25) is 11.8 Å². The van der Waals surface area contributed by atoms with E-state index in [4.69, 9.17) is 18.9 Å². The van der Waals surface area contributed by atoms with E-state index in [-0.39, 0.29) is 44.7 Å². The molecule has 2 saturated heterocycles. The second kappa shape index (κ2) is 21.1. The molecule has 0 aliphatic carbocycles. The predicted molar refractivity (Wildman–Crippen MR) is 275 cm³/mol. The largest absolute Gasteiger partial charge is 0.464 e. The number of ether oxygens (including phenoxy) is 2. The van der Waals surface area contributed by atoms with Crippen LogP contribution in [0, 0.1) is 23.2 Å². The zero-order valence-corrected chi connectivity index (χ0v) is 45.8. The molecular weight excluding hydrogens is 947 g/mol. The Hall–Kier alpha value is -5.66. The summed E-state index contributed by atoms with van der Waals surface area (Å²) in [5, 5.41) is 2.61. The van der Waals surface area contributed by atoms with Gasteiger partial charge in [-0.1, -0.05) is 33.6 Å². The molecule has 382 valence electrons. The number of aryl methyl sites for hydroxylation is 1. The van der Waals surface area contributed by atoms with Gasteiger partial charge in [0.1, 0.15) is 17.2 Å². The quantitative estimate of drug-likeness (QED) is 0.128. The highest BCUT2D eigenvalue weighted by atomic mass is 28.1. The summed E-state index contributed by atoms with van der Waals surface area (Å²) >= 11 is 0. The zero-order valence-electron chi connectivity index (χ0n) is 43.8. The monoisotopic (exact) mass is 1020 g/mol. The van der Waals surface area contributed by atoms with Crippen molar-refractivity contribution in [2.75, 3.05) is 54.5 Å². The summed E-state index contributed by atoms with van der Waals surface area (Å²) in [6, 6.07) is 7.82. The summed E-state index contributed by atoms with van der Waals surface area (Å²) in [5.74, 6) is 3.50. The number of cyclic esters (lactones) is 1. The molecule has 3 aromatic heterocycles.